The molecule has 0 radical (unpaired) electrons. The highest BCUT2D eigenvalue weighted by Crippen LogP contribution is 2.18. The van der Waals surface area contributed by atoms with Crippen molar-refractivity contribution in [3.63, 3.8) is 0 Å². The molecule has 0 aliphatic carbocycles. The van der Waals surface area contributed by atoms with Crippen LogP contribution in [0.15, 0.2) is 36.7 Å². The van der Waals surface area contributed by atoms with Crippen molar-refractivity contribution in [1.82, 2.24) is 15.3 Å². The number of aryl methyl sites for hydroxylation is 1. The number of hydrogen-bond donors (Lipinski definition) is 2. The van der Waals surface area contributed by atoms with Crippen molar-refractivity contribution < 1.29 is 4.74 Å². The standard InChI is InChI=1S/C17H21N5OS/c1-13-10-19-15(11-18-13)12-20-17(24)21-14-2-4-16(5-3-14)22-6-8-23-9-7-22/h2-5,10-11H,6-9,12H2,1H3,(H2,20,21,24). The third kappa shape index (κ3) is 4.62. The number of morpholine rings is 1. The molecular formula is C17H21N5OS. The van der Waals surface area contributed by atoms with Gasteiger partial charge in [-0.25, -0.2) is 0 Å². The minimum absolute atomic E-state index is 0.547. The zero-order chi connectivity index (χ0) is 16.8. The predicted octanol–water partition coefficient (Wildman–Crippen LogP) is 2.11. The summed E-state index contributed by atoms with van der Waals surface area (Å²) in [6.45, 7) is 5.91. The van der Waals surface area contributed by atoms with Crippen molar-refractivity contribution in [2.75, 3.05) is 36.5 Å². The van der Waals surface area contributed by atoms with E-state index < -0.39 is 0 Å². The van der Waals surface area contributed by atoms with Crippen LogP contribution in [0.1, 0.15) is 11.4 Å². The molecule has 2 heterocycles. The lowest BCUT2D eigenvalue weighted by atomic mass is 10.2. The van der Waals surface area contributed by atoms with Gasteiger partial charge in [0.15, 0.2) is 5.11 Å². The monoisotopic (exact) mass is 343 g/mol. The van der Waals surface area contributed by atoms with Crippen molar-refractivity contribution in [3.05, 3.63) is 48.0 Å². The van der Waals surface area contributed by atoms with Gasteiger partial charge in [-0.05, 0) is 43.4 Å². The summed E-state index contributed by atoms with van der Waals surface area (Å²) in [6.07, 6.45) is 3.50. The Bertz CT molecular complexity index is 668. The smallest absolute Gasteiger partial charge is 0.171 e. The molecule has 0 spiro atoms. The Morgan fingerprint density at radius 2 is 1.92 bits per heavy atom. The predicted molar refractivity (Wildman–Crippen MR) is 99.3 cm³/mol. The fraction of sp³-hybridized carbons (Fsp3) is 0.353. The van der Waals surface area contributed by atoms with Crippen LogP contribution in [0.2, 0.25) is 0 Å². The van der Waals surface area contributed by atoms with Crippen molar-refractivity contribution in [1.29, 1.82) is 0 Å². The molecule has 1 aromatic heterocycles. The van der Waals surface area contributed by atoms with E-state index in [1.165, 1.54) is 5.69 Å². The SMILES string of the molecule is Cc1cnc(CNC(=S)Nc2ccc(N3CCOCC3)cc2)cn1. The van der Waals surface area contributed by atoms with Gasteiger partial charge in [0.1, 0.15) is 0 Å². The van der Waals surface area contributed by atoms with Crippen molar-refractivity contribution in [2.24, 2.45) is 0 Å². The van der Waals surface area contributed by atoms with Gasteiger partial charge in [-0.15, -0.1) is 0 Å². The Kier molecular flexibility index (Phi) is 5.55. The Hall–Kier alpha value is -2.25. The van der Waals surface area contributed by atoms with Crippen LogP contribution in [0.25, 0.3) is 0 Å². The first-order chi connectivity index (χ1) is 11.7. The van der Waals surface area contributed by atoms with E-state index in [9.17, 15) is 0 Å². The van der Waals surface area contributed by atoms with Gasteiger partial charge in [-0.2, -0.15) is 0 Å². The molecule has 0 unspecified atom stereocenters. The third-order valence-electron chi connectivity index (χ3n) is 3.77. The molecule has 24 heavy (non-hydrogen) atoms. The fourth-order valence-electron chi connectivity index (χ4n) is 2.43. The number of benzene rings is 1. The largest absolute Gasteiger partial charge is 0.378 e. The van der Waals surface area contributed by atoms with E-state index in [1.54, 1.807) is 12.4 Å². The van der Waals surface area contributed by atoms with Crippen LogP contribution in [0.3, 0.4) is 0 Å². The van der Waals surface area contributed by atoms with Crippen LogP contribution in [-0.4, -0.2) is 41.4 Å². The lowest BCUT2D eigenvalue weighted by Crippen LogP contribution is -2.36. The van der Waals surface area contributed by atoms with Gasteiger partial charge in [-0.3, -0.25) is 9.97 Å². The molecular weight excluding hydrogens is 322 g/mol. The summed E-state index contributed by atoms with van der Waals surface area (Å²) in [6, 6.07) is 8.26. The van der Waals surface area contributed by atoms with Crippen LogP contribution in [-0.2, 0) is 11.3 Å². The first kappa shape index (κ1) is 16.6. The van der Waals surface area contributed by atoms with Crippen LogP contribution in [0, 0.1) is 6.92 Å². The Morgan fingerprint density at radius 1 is 1.17 bits per heavy atom. The van der Waals surface area contributed by atoms with Crippen LogP contribution in [0.4, 0.5) is 11.4 Å². The third-order valence-corrected chi connectivity index (χ3v) is 4.01. The highest BCUT2D eigenvalue weighted by Gasteiger charge is 2.10. The van der Waals surface area contributed by atoms with E-state index in [2.05, 4.69) is 37.6 Å². The molecule has 126 valence electrons. The molecule has 1 aliphatic heterocycles. The van der Waals surface area contributed by atoms with Gasteiger partial charge in [0.05, 0.1) is 37.3 Å². The number of rotatable bonds is 4. The van der Waals surface area contributed by atoms with Crippen molar-refractivity contribution in [2.45, 2.75) is 13.5 Å². The number of nitrogens with one attached hydrogen (secondary N) is 2. The first-order valence-corrected chi connectivity index (χ1v) is 8.37. The number of ether oxygens (including phenoxy) is 1. The molecule has 0 saturated carbocycles. The molecule has 1 fully saturated rings. The molecule has 0 atom stereocenters. The average molecular weight is 343 g/mol. The molecule has 3 rings (SSSR count). The normalized spacial score (nSPS) is 14.3. The second kappa shape index (κ2) is 8.03. The van der Waals surface area contributed by atoms with Crippen LogP contribution >= 0.6 is 12.2 Å². The molecule has 0 bridgehead atoms. The maximum atomic E-state index is 5.38. The highest BCUT2D eigenvalue weighted by atomic mass is 32.1. The lowest BCUT2D eigenvalue weighted by Gasteiger charge is -2.29. The zero-order valence-electron chi connectivity index (χ0n) is 13.7. The van der Waals surface area contributed by atoms with Gasteiger partial charge < -0.3 is 20.3 Å². The highest BCUT2D eigenvalue weighted by molar-refractivity contribution is 7.80. The number of nitrogens with zero attached hydrogens (tertiary/aromatic N) is 3. The Balaban J connectivity index is 1.49. The number of thiocarbonyl (C=S) groups is 1. The molecule has 2 N–H and O–H groups in total. The summed E-state index contributed by atoms with van der Waals surface area (Å²) < 4.78 is 5.38. The minimum atomic E-state index is 0.547. The second-order valence-electron chi connectivity index (χ2n) is 5.60. The summed E-state index contributed by atoms with van der Waals surface area (Å²) in [7, 11) is 0. The van der Waals surface area contributed by atoms with Gasteiger partial charge in [-0.1, -0.05) is 0 Å². The van der Waals surface area contributed by atoms with Crippen LogP contribution in [0.5, 0.6) is 0 Å². The molecule has 1 saturated heterocycles. The summed E-state index contributed by atoms with van der Waals surface area (Å²) in [4.78, 5) is 10.8. The maximum absolute atomic E-state index is 5.38. The first-order valence-electron chi connectivity index (χ1n) is 7.96. The summed E-state index contributed by atoms with van der Waals surface area (Å²) >= 11 is 5.32. The summed E-state index contributed by atoms with van der Waals surface area (Å²) in [5.74, 6) is 0. The number of hydrogen-bond acceptors (Lipinski definition) is 5. The minimum Gasteiger partial charge on any atom is -0.378 e. The van der Waals surface area contributed by atoms with Gasteiger partial charge in [0, 0.05) is 30.7 Å². The van der Waals surface area contributed by atoms with E-state index in [0.717, 1.165) is 43.4 Å². The Morgan fingerprint density at radius 3 is 2.58 bits per heavy atom. The van der Waals surface area contributed by atoms with Gasteiger partial charge in [0.25, 0.3) is 0 Å². The molecule has 0 amide bonds. The molecule has 2 aromatic rings. The van der Waals surface area contributed by atoms with E-state index in [4.69, 9.17) is 17.0 Å². The summed E-state index contributed by atoms with van der Waals surface area (Å²) in [5, 5.41) is 6.88. The maximum Gasteiger partial charge on any atom is 0.171 e. The van der Waals surface area contributed by atoms with Gasteiger partial charge >= 0.3 is 0 Å². The molecule has 1 aliphatic rings. The number of aromatic nitrogens is 2. The van der Waals surface area contributed by atoms with E-state index >= 15 is 0 Å². The van der Waals surface area contributed by atoms with Crippen molar-refractivity contribution in [3.8, 4) is 0 Å². The van der Waals surface area contributed by atoms with E-state index in [0.29, 0.717) is 11.7 Å². The molecule has 7 heteroatoms. The average Bonchev–Trinajstić information content (AvgIpc) is 2.63. The molecule has 6 nitrogen and oxygen atoms in total. The van der Waals surface area contributed by atoms with Crippen LogP contribution < -0.4 is 15.5 Å². The van der Waals surface area contributed by atoms with E-state index in [1.807, 2.05) is 19.1 Å². The van der Waals surface area contributed by atoms with E-state index in [-0.39, 0.29) is 0 Å². The topological polar surface area (TPSA) is 62.3 Å². The number of anilines is 2. The van der Waals surface area contributed by atoms with Crippen molar-refractivity contribution >= 4 is 28.7 Å². The fourth-order valence-corrected chi connectivity index (χ4v) is 2.62. The summed E-state index contributed by atoms with van der Waals surface area (Å²) in [5.41, 5.74) is 3.92. The quantitative estimate of drug-likeness (QED) is 0.825. The zero-order valence-corrected chi connectivity index (χ0v) is 14.5. The Labute approximate surface area is 147 Å². The van der Waals surface area contributed by atoms with Gasteiger partial charge in [0.2, 0.25) is 0 Å². The lowest BCUT2D eigenvalue weighted by molar-refractivity contribution is 0.122. The second-order valence-corrected chi connectivity index (χ2v) is 6.01. The molecule has 1 aromatic carbocycles.